The van der Waals surface area contributed by atoms with Crippen LogP contribution in [0.4, 0.5) is 15.8 Å². The molecular weight excluding hydrogens is 333 g/mol. The minimum Gasteiger partial charge on any atom is -0.368 e. The van der Waals surface area contributed by atoms with Crippen LogP contribution in [0.25, 0.3) is 0 Å². The predicted molar refractivity (Wildman–Crippen MR) is 99.6 cm³/mol. The van der Waals surface area contributed by atoms with Crippen LogP contribution in [0, 0.1) is 12.7 Å². The number of piperazine rings is 1. The van der Waals surface area contributed by atoms with E-state index in [1.54, 1.807) is 17.0 Å². The Kier molecular flexibility index (Phi) is 5.51. The number of halogens is 1. The van der Waals surface area contributed by atoms with Gasteiger partial charge in [0, 0.05) is 37.6 Å². The Morgan fingerprint density at radius 3 is 2.31 bits per heavy atom. The number of carbonyl (C=O) groups excluding carboxylic acids is 2. The number of anilines is 2. The summed E-state index contributed by atoms with van der Waals surface area (Å²) >= 11 is 0. The highest BCUT2D eigenvalue weighted by Crippen LogP contribution is 2.18. The van der Waals surface area contributed by atoms with E-state index in [9.17, 15) is 14.0 Å². The minimum absolute atomic E-state index is 0.162. The molecule has 2 aromatic carbocycles. The molecule has 1 N–H and O–H groups in total. The third-order valence-corrected chi connectivity index (χ3v) is 4.56. The van der Waals surface area contributed by atoms with Gasteiger partial charge in [-0.3, -0.25) is 9.59 Å². The molecule has 1 aliphatic rings. The molecular formula is C20H22FN3O2. The van der Waals surface area contributed by atoms with E-state index in [-0.39, 0.29) is 24.1 Å². The van der Waals surface area contributed by atoms with Crippen LogP contribution >= 0.6 is 0 Å². The van der Waals surface area contributed by atoms with Crippen molar-refractivity contribution in [3.63, 3.8) is 0 Å². The predicted octanol–water partition coefficient (Wildman–Crippen LogP) is 2.81. The number of carbonyl (C=O) groups is 2. The summed E-state index contributed by atoms with van der Waals surface area (Å²) in [6.45, 7) is 4.33. The van der Waals surface area contributed by atoms with Crippen LogP contribution in [0.1, 0.15) is 12.0 Å². The second-order valence-corrected chi connectivity index (χ2v) is 6.38. The van der Waals surface area contributed by atoms with Crippen LogP contribution in [-0.4, -0.2) is 42.9 Å². The van der Waals surface area contributed by atoms with Gasteiger partial charge in [0.15, 0.2) is 0 Å². The van der Waals surface area contributed by atoms with Gasteiger partial charge in [0.25, 0.3) is 0 Å². The molecule has 6 heteroatoms. The van der Waals surface area contributed by atoms with E-state index in [1.807, 2.05) is 31.2 Å². The molecule has 5 nitrogen and oxygen atoms in total. The fourth-order valence-corrected chi connectivity index (χ4v) is 3.02. The lowest BCUT2D eigenvalue weighted by molar-refractivity contribution is -0.134. The van der Waals surface area contributed by atoms with Crippen LogP contribution < -0.4 is 10.2 Å². The van der Waals surface area contributed by atoms with E-state index >= 15 is 0 Å². The Morgan fingerprint density at radius 1 is 1.00 bits per heavy atom. The number of benzene rings is 2. The Balaban J connectivity index is 1.49. The van der Waals surface area contributed by atoms with Gasteiger partial charge in [0.1, 0.15) is 12.2 Å². The van der Waals surface area contributed by atoms with Crippen molar-refractivity contribution in [1.82, 2.24) is 4.90 Å². The maximum atomic E-state index is 13.0. The number of nitrogens with one attached hydrogen (secondary N) is 1. The summed E-state index contributed by atoms with van der Waals surface area (Å²) in [5.74, 6) is -0.734. The molecule has 1 aliphatic heterocycles. The van der Waals surface area contributed by atoms with Gasteiger partial charge in [0.05, 0.1) is 0 Å². The molecule has 0 bridgehead atoms. The van der Waals surface area contributed by atoms with Crippen molar-refractivity contribution in [3.05, 3.63) is 59.9 Å². The zero-order chi connectivity index (χ0) is 18.5. The number of hydrogen-bond acceptors (Lipinski definition) is 3. The lowest BCUT2D eigenvalue weighted by atomic mass is 10.2. The molecule has 0 atom stereocenters. The van der Waals surface area contributed by atoms with Gasteiger partial charge in [0.2, 0.25) is 11.8 Å². The van der Waals surface area contributed by atoms with Crippen molar-refractivity contribution in [2.24, 2.45) is 0 Å². The molecule has 1 fully saturated rings. The first-order valence-electron chi connectivity index (χ1n) is 8.67. The molecule has 0 radical (unpaired) electrons. The van der Waals surface area contributed by atoms with E-state index in [0.717, 1.165) is 16.9 Å². The normalized spacial score (nSPS) is 14.2. The van der Waals surface area contributed by atoms with Crippen LogP contribution in [0.15, 0.2) is 48.5 Å². The lowest BCUT2D eigenvalue weighted by Gasteiger charge is -2.36. The van der Waals surface area contributed by atoms with Gasteiger partial charge >= 0.3 is 0 Å². The molecule has 1 saturated heterocycles. The quantitative estimate of drug-likeness (QED) is 0.858. The first-order chi connectivity index (χ1) is 12.5. The van der Waals surface area contributed by atoms with Crippen molar-refractivity contribution in [2.75, 3.05) is 36.4 Å². The largest absolute Gasteiger partial charge is 0.368 e. The fourth-order valence-electron chi connectivity index (χ4n) is 3.02. The molecule has 0 unspecified atom stereocenters. The van der Waals surface area contributed by atoms with Gasteiger partial charge in [-0.05, 0) is 42.8 Å². The van der Waals surface area contributed by atoms with E-state index < -0.39 is 0 Å². The maximum Gasteiger partial charge on any atom is 0.233 e. The molecule has 0 aromatic heterocycles. The average molecular weight is 355 g/mol. The van der Waals surface area contributed by atoms with Crippen LogP contribution in [0.5, 0.6) is 0 Å². The monoisotopic (exact) mass is 355 g/mol. The summed E-state index contributed by atoms with van der Waals surface area (Å²) in [5.41, 5.74) is 2.63. The number of rotatable bonds is 4. The minimum atomic E-state index is -0.301. The summed E-state index contributed by atoms with van der Waals surface area (Å²) < 4.78 is 13.0. The topological polar surface area (TPSA) is 52.7 Å². The maximum absolute atomic E-state index is 13.0. The third-order valence-electron chi connectivity index (χ3n) is 4.56. The third kappa shape index (κ3) is 4.39. The first-order valence-corrected chi connectivity index (χ1v) is 8.67. The number of hydrogen-bond donors (Lipinski definition) is 1. The van der Waals surface area contributed by atoms with Gasteiger partial charge in [-0.1, -0.05) is 18.2 Å². The molecule has 2 amide bonds. The second-order valence-electron chi connectivity index (χ2n) is 6.38. The van der Waals surface area contributed by atoms with E-state index in [0.29, 0.717) is 26.2 Å². The molecule has 3 rings (SSSR count). The number of aryl methyl sites for hydroxylation is 1. The molecule has 26 heavy (non-hydrogen) atoms. The standard InChI is InChI=1S/C20H22FN3O2/c1-15-4-2-3-5-18(15)22-19(25)14-20(26)24-12-10-23(11-13-24)17-8-6-16(21)7-9-17/h2-9H,10-14H2,1H3,(H,22,25). The average Bonchev–Trinajstić information content (AvgIpc) is 2.64. The van der Waals surface area contributed by atoms with E-state index in [1.165, 1.54) is 12.1 Å². The van der Waals surface area contributed by atoms with Gasteiger partial charge in [-0.25, -0.2) is 4.39 Å². The van der Waals surface area contributed by atoms with Crippen molar-refractivity contribution in [3.8, 4) is 0 Å². The highest BCUT2D eigenvalue weighted by molar-refractivity contribution is 6.03. The Bertz CT molecular complexity index is 784. The van der Waals surface area contributed by atoms with Crippen molar-refractivity contribution in [1.29, 1.82) is 0 Å². The van der Waals surface area contributed by atoms with Gasteiger partial charge in [-0.15, -0.1) is 0 Å². The van der Waals surface area contributed by atoms with Crippen molar-refractivity contribution >= 4 is 23.2 Å². The van der Waals surface area contributed by atoms with Crippen molar-refractivity contribution < 1.29 is 14.0 Å². The van der Waals surface area contributed by atoms with Gasteiger partial charge < -0.3 is 15.1 Å². The molecule has 0 spiro atoms. The van der Waals surface area contributed by atoms with E-state index in [4.69, 9.17) is 0 Å². The molecule has 1 heterocycles. The zero-order valence-electron chi connectivity index (χ0n) is 14.7. The number of para-hydroxylation sites is 1. The zero-order valence-corrected chi connectivity index (χ0v) is 14.7. The molecule has 2 aromatic rings. The molecule has 0 aliphatic carbocycles. The van der Waals surface area contributed by atoms with Crippen LogP contribution in [0.3, 0.4) is 0 Å². The van der Waals surface area contributed by atoms with Crippen LogP contribution in [-0.2, 0) is 9.59 Å². The number of nitrogens with zero attached hydrogens (tertiary/aromatic N) is 2. The highest BCUT2D eigenvalue weighted by atomic mass is 19.1. The first kappa shape index (κ1) is 17.9. The summed E-state index contributed by atoms with van der Waals surface area (Å²) in [6.07, 6.45) is -0.162. The second kappa shape index (κ2) is 7.99. The molecule has 0 saturated carbocycles. The lowest BCUT2D eigenvalue weighted by Crippen LogP contribution is -2.49. The van der Waals surface area contributed by atoms with Crippen LogP contribution in [0.2, 0.25) is 0 Å². The summed E-state index contributed by atoms with van der Waals surface area (Å²) in [4.78, 5) is 28.3. The number of amides is 2. The fraction of sp³-hybridized carbons (Fsp3) is 0.300. The highest BCUT2D eigenvalue weighted by Gasteiger charge is 2.23. The van der Waals surface area contributed by atoms with Gasteiger partial charge in [-0.2, -0.15) is 0 Å². The Labute approximate surface area is 152 Å². The summed E-state index contributed by atoms with van der Waals surface area (Å²) in [5, 5.41) is 2.79. The molecule has 136 valence electrons. The Hall–Kier alpha value is -2.89. The SMILES string of the molecule is Cc1ccccc1NC(=O)CC(=O)N1CCN(c2ccc(F)cc2)CC1. The summed E-state index contributed by atoms with van der Waals surface area (Å²) in [6, 6.07) is 13.8. The Morgan fingerprint density at radius 2 is 1.65 bits per heavy atom. The summed E-state index contributed by atoms with van der Waals surface area (Å²) in [7, 11) is 0. The smallest absolute Gasteiger partial charge is 0.233 e. The van der Waals surface area contributed by atoms with E-state index in [2.05, 4.69) is 10.2 Å². The van der Waals surface area contributed by atoms with Crippen molar-refractivity contribution in [2.45, 2.75) is 13.3 Å².